The Morgan fingerprint density at radius 1 is 1.38 bits per heavy atom. The first-order valence-electron chi connectivity index (χ1n) is 7.40. The monoisotopic (exact) mass is 350 g/mol. The van der Waals surface area contributed by atoms with E-state index in [4.69, 9.17) is 16.3 Å². The van der Waals surface area contributed by atoms with E-state index in [1.165, 1.54) is 6.07 Å². The molecule has 1 radical (unpaired) electrons. The maximum absolute atomic E-state index is 13.3. The minimum atomic E-state index is -0.593. The van der Waals surface area contributed by atoms with Crippen molar-refractivity contribution in [2.75, 3.05) is 18.5 Å². The SMILES string of the molecule is Cc1cnc(NC(=O)OCC[N]Cc2cccc(F)c2Cl)cc1C. The molecule has 0 bridgehead atoms. The topological polar surface area (TPSA) is 65.3 Å². The average molecular weight is 351 g/mol. The lowest BCUT2D eigenvalue weighted by Gasteiger charge is -2.08. The van der Waals surface area contributed by atoms with Gasteiger partial charge in [0.1, 0.15) is 18.2 Å². The van der Waals surface area contributed by atoms with Gasteiger partial charge in [-0.05, 0) is 42.7 Å². The molecule has 5 nitrogen and oxygen atoms in total. The summed E-state index contributed by atoms with van der Waals surface area (Å²) in [7, 11) is 0. The summed E-state index contributed by atoms with van der Waals surface area (Å²) in [5, 5.41) is 6.80. The molecule has 1 aromatic heterocycles. The number of amides is 1. The number of pyridine rings is 1. The van der Waals surface area contributed by atoms with Gasteiger partial charge in [-0.3, -0.25) is 5.32 Å². The van der Waals surface area contributed by atoms with Crippen LogP contribution in [0.5, 0.6) is 0 Å². The van der Waals surface area contributed by atoms with Gasteiger partial charge in [-0.2, -0.15) is 0 Å². The van der Waals surface area contributed by atoms with Gasteiger partial charge in [0, 0.05) is 19.3 Å². The Labute approximate surface area is 145 Å². The van der Waals surface area contributed by atoms with Gasteiger partial charge >= 0.3 is 6.09 Å². The molecule has 1 N–H and O–H groups in total. The Hall–Kier alpha value is -2.18. The fourth-order valence-electron chi connectivity index (χ4n) is 1.91. The van der Waals surface area contributed by atoms with Gasteiger partial charge in [-0.1, -0.05) is 23.7 Å². The minimum absolute atomic E-state index is 0.0701. The molecule has 1 aromatic carbocycles. The van der Waals surface area contributed by atoms with Crippen molar-refractivity contribution in [3.63, 3.8) is 0 Å². The van der Waals surface area contributed by atoms with Crippen LogP contribution in [0.3, 0.4) is 0 Å². The quantitative estimate of drug-likeness (QED) is 0.805. The molecule has 0 aliphatic heterocycles. The Morgan fingerprint density at radius 3 is 2.92 bits per heavy atom. The zero-order chi connectivity index (χ0) is 17.5. The third-order valence-corrected chi connectivity index (χ3v) is 3.82. The van der Waals surface area contributed by atoms with E-state index < -0.39 is 11.9 Å². The molecule has 0 aliphatic rings. The van der Waals surface area contributed by atoms with Crippen molar-refractivity contribution in [1.82, 2.24) is 10.3 Å². The van der Waals surface area contributed by atoms with Gasteiger partial charge in [-0.15, -0.1) is 0 Å². The van der Waals surface area contributed by atoms with Crippen LogP contribution in [0, 0.1) is 19.7 Å². The molecule has 0 aliphatic carbocycles. The molecule has 1 heterocycles. The highest BCUT2D eigenvalue weighted by Gasteiger charge is 2.07. The van der Waals surface area contributed by atoms with Crippen molar-refractivity contribution in [2.24, 2.45) is 0 Å². The van der Waals surface area contributed by atoms with E-state index in [1.807, 2.05) is 13.8 Å². The molecule has 24 heavy (non-hydrogen) atoms. The summed E-state index contributed by atoms with van der Waals surface area (Å²) in [6, 6.07) is 6.34. The van der Waals surface area contributed by atoms with Crippen LogP contribution < -0.4 is 10.6 Å². The lowest BCUT2D eigenvalue weighted by atomic mass is 10.2. The van der Waals surface area contributed by atoms with Crippen molar-refractivity contribution in [1.29, 1.82) is 0 Å². The lowest BCUT2D eigenvalue weighted by molar-refractivity contribution is 0.161. The molecule has 2 aromatic rings. The summed E-state index contributed by atoms with van der Waals surface area (Å²) in [5.74, 6) is -0.0348. The Bertz CT molecular complexity index is 725. The third-order valence-electron chi connectivity index (χ3n) is 3.40. The van der Waals surface area contributed by atoms with Crippen molar-refractivity contribution >= 4 is 23.5 Å². The average Bonchev–Trinajstić information content (AvgIpc) is 2.54. The summed E-state index contributed by atoms with van der Waals surface area (Å²) >= 11 is 5.83. The van der Waals surface area contributed by atoms with Crippen molar-refractivity contribution in [3.05, 3.63) is 58.0 Å². The maximum atomic E-state index is 13.3. The number of ether oxygens (including phenoxy) is 1. The molecule has 0 saturated heterocycles. The normalized spacial score (nSPS) is 10.5. The first-order chi connectivity index (χ1) is 11.5. The number of hydrogen-bond acceptors (Lipinski definition) is 3. The standard InChI is InChI=1S/C17H18ClFN3O2/c1-11-8-15(21-9-12(11)2)22-17(23)24-7-6-20-10-13-4-3-5-14(19)16(13)18/h3-5,8-9H,6-7,10H2,1-2H3,(H,21,22,23). The number of hydrogen-bond donors (Lipinski definition) is 1. The highest BCUT2D eigenvalue weighted by molar-refractivity contribution is 6.31. The second kappa shape index (κ2) is 8.61. The number of anilines is 1. The summed E-state index contributed by atoms with van der Waals surface area (Å²) in [6.07, 6.45) is 1.09. The van der Waals surface area contributed by atoms with E-state index in [9.17, 15) is 9.18 Å². The molecule has 0 unspecified atom stereocenters. The van der Waals surface area contributed by atoms with E-state index in [0.29, 0.717) is 17.9 Å². The van der Waals surface area contributed by atoms with E-state index in [2.05, 4.69) is 15.6 Å². The summed E-state index contributed by atoms with van der Waals surface area (Å²) < 4.78 is 18.3. The largest absolute Gasteiger partial charge is 0.448 e. The molecule has 0 atom stereocenters. The first kappa shape index (κ1) is 18.2. The van der Waals surface area contributed by atoms with Gasteiger partial charge in [0.15, 0.2) is 0 Å². The van der Waals surface area contributed by atoms with Crippen molar-refractivity contribution < 1.29 is 13.9 Å². The van der Waals surface area contributed by atoms with Gasteiger partial charge in [0.2, 0.25) is 0 Å². The predicted molar refractivity (Wildman–Crippen MR) is 90.8 cm³/mol. The van der Waals surface area contributed by atoms with E-state index in [1.54, 1.807) is 24.4 Å². The number of nitrogens with one attached hydrogen (secondary N) is 1. The zero-order valence-electron chi connectivity index (χ0n) is 13.5. The van der Waals surface area contributed by atoms with Crippen LogP contribution in [0.1, 0.15) is 16.7 Å². The van der Waals surface area contributed by atoms with E-state index in [0.717, 1.165) is 11.1 Å². The highest BCUT2D eigenvalue weighted by Crippen LogP contribution is 2.19. The second-order valence-electron chi connectivity index (χ2n) is 5.23. The van der Waals surface area contributed by atoms with Crippen LogP contribution in [0.15, 0.2) is 30.5 Å². The van der Waals surface area contributed by atoms with Crippen LogP contribution >= 0.6 is 11.6 Å². The molecule has 1 amide bonds. The summed E-state index contributed by atoms with van der Waals surface area (Å²) in [4.78, 5) is 15.8. The van der Waals surface area contributed by atoms with Gasteiger partial charge in [0.05, 0.1) is 5.02 Å². The Morgan fingerprint density at radius 2 is 2.17 bits per heavy atom. The fraction of sp³-hybridized carbons (Fsp3) is 0.294. The Balaban J connectivity index is 1.69. The van der Waals surface area contributed by atoms with Crippen LogP contribution in [-0.4, -0.2) is 24.2 Å². The highest BCUT2D eigenvalue weighted by atomic mass is 35.5. The molecular formula is C17H18ClFN3O2. The second-order valence-corrected chi connectivity index (χ2v) is 5.61. The molecule has 0 fully saturated rings. The number of carbonyl (C=O) groups excluding carboxylic acids is 1. The smallest absolute Gasteiger partial charge is 0.412 e. The Kier molecular flexibility index (Phi) is 6.52. The molecule has 0 spiro atoms. The van der Waals surface area contributed by atoms with Gasteiger partial charge in [-0.25, -0.2) is 19.5 Å². The maximum Gasteiger partial charge on any atom is 0.412 e. The summed E-state index contributed by atoms with van der Waals surface area (Å²) in [6.45, 7) is 4.55. The number of aryl methyl sites for hydroxylation is 2. The number of nitrogens with zero attached hydrogens (tertiary/aromatic N) is 2. The van der Waals surface area contributed by atoms with Gasteiger partial charge < -0.3 is 4.74 Å². The first-order valence-corrected chi connectivity index (χ1v) is 7.78. The number of halogens is 2. The van der Waals surface area contributed by atoms with Crippen molar-refractivity contribution in [2.45, 2.75) is 20.4 Å². The number of carbonyl (C=O) groups is 1. The number of aromatic nitrogens is 1. The van der Waals surface area contributed by atoms with Crippen LogP contribution in [0.25, 0.3) is 0 Å². The lowest BCUT2D eigenvalue weighted by Crippen LogP contribution is -2.20. The predicted octanol–water partition coefficient (Wildman–Crippen LogP) is 3.84. The van der Waals surface area contributed by atoms with Crippen LogP contribution in [-0.2, 0) is 11.3 Å². The van der Waals surface area contributed by atoms with Gasteiger partial charge in [0.25, 0.3) is 0 Å². The van der Waals surface area contributed by atoms with Crippen LogP contribution in [0.2, 0.25) is 5.02 Å². The molecule has 0 saturated carbocycles. The number of rotatable bonds is 6. The van der Waals surface area contributed by atoms with Crippen LogP contribution in [0.4, 0.5) is 15.0 Å². The fourth-order valence-corrected chi connectivity index (χ4v) is 2.09. The minimum Gasteiger partial charge on any atom is -0.448 e. The molecule has 127 valence electrons. The third kappa shape index (κ3) is 5.18. The molecule has 2 rings (SSSR count). The zero-order valence-corrected chi connectivity index (χ0v) is 14.2. The molecular weight excluding hydrogens is 333 g/mol. The van der Waals surface area contributed by atoms with Crippen molar-refractivity contribution in [3.8, 4) is 0 Å². The summed E-state index contributed by atoms with van der Waals surface area (Å²) in [5.41, 5.74) is 2.67. The van der Waals surface area contributed by atoms with E-state index >= 15 is 0 Å². The molecule has 7 heteroatoms. The van der Waals surface area contributed by atoms with E-state index in [-0.39, 0.29) is 18.2 Å². The number of benzene rings is 1.